The summed E-state index contributed by atoms with van der Waals surface area (Å²) < 4.78 is 5.55. The van der Waals surface area contributed by atoms with E-state index in [0.717, 1.165) is 24.8 Å². The first-order valence-corrected chi connectivity index (χ1v) is 7.98. The summed E-state index contributed by atoms with van der Waals surface area (Å²) in [4.78, 5) is 0. The molecule has 19 heavy (non-hydrogen) atoms. The molecule has 0 radical (unpaired) electrons. The van der Waals surface area contributed by atoms with E-state index in [9.17, 15) is 0 Å². The average molecular weight is 275 g/mol. The number of hydrogen-bond acceptors (Lipinski definition) is 3. The van der Waals surface area contributed by atoms with Crippen LogP contribution in [0.2, 0.25) is 0 Å². The summed E-state index contributed by atoms with van der Waals surface area (Å²) in [6.07, 6.45) is 7.91. The van der Waals surface area contributed by atoms with Crippen LogP contribution in [0.4, 0.5) is 0 Å². The maximum atomic E-state index is 5.55. The number of ether oxygens (including phenoxy) is 1. The molecule has 2 rings (SSSR count). The van der Waals surface area contributed by atoms with Crippen molar-refractivity contribution in [2.24, 2.45) is 5.92 Å². The molecule has 1 N–H and O–H groups in total. The summed E-state index contributed by atoms with van der Waals surface area (Å²) >= 11 is 2.07. The first-order chi connectivity index (χ1) is 9.40. The molecule has 0 saturated carbocycles. The van der Waals surface area contributed by atoms with Gasteiger partial charge in [0.2, 0.25) is 0 Å². The highest BCUT2D eigenvalue weighted by Gasteiger charge is 2.13. The Bertz CT molecular complexity index is 421. The van der Waals surface area contributed by atoms with Gasteiger partial charge >= 0.3 is 0 Å². The van der Waals surface area contributed by atoms with Crippen LogP contribution >= 0.6 is 11.8 Å². The lowest BCUT2D eigenvalue weighted by atomic mass is 10.0. The van der Waals surface area contributed by atoms with Crippen LogP contribution in [0.25, 0.3) is 0 Å². The molecule has 3 heteroatoms. The Labute approximate surface area is 120 Å². The molecule has 0 aromatic heterocycles. The smallest absolute Gasteiger partial charge is 0.148 e. The number of rotatable bonds is 6. The number of para-hydroxylation sites is 1. The van der Waals surface area contributed by atoms with Gasteiger partial charge in [0.1, 0.15) is 12.4 Å². The van der Waals surface area contributed by atoms with Crippen molar-refractivity contribution in [1.29, 1.82) is 0 Å². The van der Waals surface area contributed by atoms with Gasteiger partial charge in [-0.3, -0.25) is 0 Å². The second-order valence-electron chi connectivity index (χ2n) is 4.79. The van der Waals surface area contributed by atoms with Gasteiger partial charge in [-0.05, 0) is 42.9 Å². The first kappa shape index (κ1) is 14.3. The quantitative estimate of drug-likeness (QED) is 0.807. The molecule has 1 saturated heterocycles. The highest BCUT2D eigenvalue weighted by Crippen LogP contribution is 2.22. The molecule has 1 fully saturated rings. The van der Waals surface area contributed by atoms with Gasteiger partial charge in [0, 0.05) is 12.1 Å². The molecule has 0 bridgehead atoms. The van der Waals surface area contributed by atoms with Crippen LogP contribution in [-0.2, 0) is 6.54 Å². The van der Waals surface area contributed by atoms with Crippen LogP contribution in [0.15, 0.2) is 24.3 Å². The molecule has 1 aliphatic rings. The minimum atomic E-state index is 0.330. The monoisotopic (exact) mass is 275 g/mol. The molecular formula is C16H21NOS. The highest BCUT2D eigenvalue weighted by molar-refractivity contribution is 7.99. The van der Waals surface area contributed by atoms with Crippen molar-refractivity contribution in [2.75, 3.05) is 24.7 Å². The Balaban J connectivity index is 1.79. The normalized spacial score (nSPS) is 15.9. The molecule has 0 atom stereocenters. The summed E-state index contributed by atoms with van der Waals surface area (Å²) in [6, 6.07) is 8.09. The second kappa shape index (κ2) is 8.14. The third-order valence-corrected chi connectivity index (χ3v) is 4.42. The van der Waals surface area contributed by atoms with Crippen LogP contribution in [0.1, 0.15) is 18.4 Å². The molecule has 0 spiro atoms. The van der Waals surface area contributed by atoms with Crippen molar-refractivity contribution < 1.29 is 4.74 Å². The largest absolute Gasteiger partial charge is 0.481 e. The lowest BCUT2D eigenvalue weighted by molar-refractivity contribution is 0.363. The molecule has 1 aromatic rings. The highest BCUT2D eigenvalue weighted by atomic mass is 32.2. The van der Waals surface area contributed by atoms with E-state index in [2.05, 4.69) is 29.1 Å². The van der Waals surface area contributed by atoms with E-state index < -0.39 is 0 Å². The van der Waals surface area contributed by atoms with E-state index in [4.69, 9.17) is 11.2 Å². The minimum absolute atomic E-state index is 0.330. The van der Waals surface area contributed by atoms with Gasteiger partial charge in [0.05, 0.1) is 0 Å². The Morgan fingerprint density at radius 2 is 2.11 bits per heavy atom. The fourth-order valence-electron chi connectivity index (χ4n) is 2.27. The molecule has 0 amide bonds. The fourth-order valence-corrected chi connectivity index (χ4v) is 3.48. The van der Waals surface area contributed by atoms with Crippen molar-refractivity contribution in [3.63, 3.8) is 0 Å². The SMILES string of the molecule is C#CCOc1ccccc1CNCC1CCSCC1. The van der Waals surface area contributed by atoms with Crippen LogP contribution < -0.4 is 10.1 Å². The summed E-state index contributed by atoms with van der Waals surface area (Å²) in [7, 11) is 0. The number of terminal acetylenes is 1. The van der Waals surface area contributed by atoms with Crippen molar-refractivity contribution >= 4 is 11.8 Å². The third-order valence-electron chi connectivity index (χ3n) is 3.37. The van der Waals surface area contributed by atoms with Gasteiger partial charge in [-0.1, -0.05) is 24.1 Å². The number of hydrogen-bond donors (Lipinski definition) is 1. The third kappa shape index (κ3) is 4.81. The van der Waals surface area contributed by atoms with Crippen molar-refractivity contribution in [1.82, 2.24) is 5.32 Å². The van der Waals surface area contributed by atoms with Crippen LogP contribution in [0.3, 0.4) is 0 Å². The van der Waals surface area contributed by atoms with Crippen molar-refractivity contribution in [3.8, 4) is 18.1 Å². The second-order valence-corrected chi connectivity index (χ2v) is 6.01. The molecule has 102 valence electrons. The van der Waals surface area contributed by atoms with Gasteiger partial charge in [-0.15, -0.1) is 6.42 Å². The molecule has 1 aliphatic heterocycles. The van der Waals surface area contributed by atoms with Gasteiger partial charge < -0.3 is 10.1 Å². The van der Waals surface area contributed by atoms with Crippen molar-refractivity contribution in [2.45, 2.75) is 19.4 Å². The van der Waals surface area contributed by atoms with Gasteiger partial charge in [0.15, 0.2) is 0 Å². The number of benzene rings is 1. The zero-order valence-electron chi connectivity index (χ0n) is 11.2. The van der Waals surface area contributed by atoms with Crippen LogP contribution in [-0.4, -0.2) is 24.7 Å². The van der Waals surface area contributed by atoms with Crippen LogP contribution in [0, 0.1) is 18.3 Å². The standard InChI is InChI=1S/C16H21NOS/c1-2-9-18-16-6-4-3-5-15(16)13-17-12-14-7-10-19-11-8-14/h1,3-6,14,17H,7-13H2. The van der Waals surface area contributed by atoms with E-state index in [0.29, 0.717) is 6.61 Å². The lowest BCUT2D eigenvalue weighted by Crippen LogP contribution is -2.25. The van der Waals surface area contributed by atoms with Gasteiger partial charge in [-0.2, -0.15) is 11.8 Å². The Morgan fingerprint density at radius 1 is 1.32 bits per heavy atom. The van der Waals surface area contributed by atoms with E-state index in [-0.39, 0.29) is 0 Å². The summed E-state index contributed by atoms with van der Waals surface area (Å²) in [5, 5.41) is 3.55. The number of nitrogens with one attached hydrogen (secondary N) is 1. The molecule has 1 aromatic carbocycles. The molecule has 0 unspecified atom stereocenters. The summed E-state index contributed by atoms with van der Waals surface area (Å²) in [5.41, 5.74) is 1.18. The maximum absolute atomic E-state index is 5.55. The zero-order chi connectivity index (χ0) is 13.3. The van der Waals surface area contributed by atoms with E-state index in [1.807, 2.05) is 18.2 Å². The van der Waals surface area contributed by atoms with E-state index >= 15 is 0 Å². The van der Waals surface area contributed by atoms with Gasteiger partial charge in [-0.25, -0.2) is 0 Å². The minimum Gasteiger partial charge on any atom is -0.481 e. The van der Waals surface area contributed by atoms with Crippen molar-refractivity contribution in [3.05, 3.63) is 29.8 Å². The Kier molecular flexibility index (Phi) is 6.13. The Morgan fingerprint density at radius 3 is 2.89 bits per heavy atom. The molecule has 1 heterocycles. The first-order valence-electron chi connectivity index (χ1n) is 6.83. The predicted octanol–water partition coefficient (Wildman–Crippen LogP) is 2.93. The Hall–Kier alpha value is -1.11. The fraction of sp³-hybridized carbons (Fsp3) is 0.500. The molecule has 0 aliphatic carbocycles. The lowest BCUT2D eigenvalue weighted by Gasteiger charge is -2.21. The zero-order valence-corrected chi connectivity index (χ0v) is 12.0. The summed E-state index contributed by atoms with van der Waals surface area (Å²) in [6.45, 7) is 2.28. The molecule has 2 nitrogen and oxygen atoms in total. The average Bonchev–Trinajstić information content (AvgIpc) is 2.47. The van der Waals surface area contributed by atoms with E-state index in [1.54, 1.807) is 0 Å². The van der Waals surface area contributed by atoms with Gasteiger partial charge in [0.25, 0.3) is 0 Å². The van der Waals surface area contributed by atoms with E-state index in [1.165, 1.54) is 29.9 Å². The summed E-state index contributed by atoms with van der Waals surface area (Å²) in [5.74, 6) is 6.86. The number of thioether (sulfide) groups is 1. The topological polar surface area (TPSA) is 21.3 Å². The maximum Gasteiger partial charge on any atom is 0.148 e. The molecular weight excluding hydrogens is 254 g/mol. The predicted molar refractivity (Wildman–Crippen MR) is 82.5 cm³/mol. The van der Waals surface area contributed by atoms with Crippen LogP contribution in [0.5, 0.6) is 5.75 Å².